The van der Waals surface area contributed by atoms with E-state index in [1.165, 1.54) is 0 Å². The van der Waals surface area contributed by atoms with Crippen molar-refractivity contribution >= 4 is 17.2 Å². The number of hydrogen-bond donors (Lipinski definition) is 0. The van der Waals surface area contributed by atoms with Gasteiger partial charge in [-0.15, -0.1) is 0 Å². The second kappa shape index (κ2) is 6.39. The predicted octanol–water partition coefficient (Wildman–Crippen LogP) is 3.30. The van der Waals surface area contributed by atoms with Crippen LogP contribution in [0.25, 0.3) is 11.4 Å². The van der Waals surface area contributed by atoms with Crippen molar-refractivity contribution in [3.8, 4) is 11.4 Å². The lowest BCUT2D eigenvalue weighted by Gasteiger charge is -2.31. The number of aromatic nitrogens is 2. The molecule has 0 aromatic carbocycles. The fraction of sp³-hybridized carbons (Fsp3) is 0.533. The third-order valence-corrected chi connectivity index (χ3v) is 4.49. The van der Waals surface area contributed by atoms with Gasteiger partial charge in [-0.05, 0) is 30.7 Å². The van der Waals surface area contributed by atoms with Crippen molar-refractivity contribution in [3.63, 3.8) is 0 Å². The zero-order chi connectivity index (χ0) is 14.7. The van der Waals surface area contributed by atoms with Crippen LogP contribution in [-0.4, -0.2) is 34.0 Å². The molecule has 1 saturated heterocycles. The van der Waals surface area contributed by atoms with Crippen molar-refractivity contribution in [1.29, 1.82) is 0 Å². The summed E-state index contributed by atoms with van der Waals surface area (Å²) < 4.78 is 5.42. The first-order chi connectivity index (χ1) is 10.3. The molecule has 0 spiro atoms. The average molecular weight is 305 g/mol. The van der Waals surface area contributed by atoms with Crippen LogP contribution in [0.2, 0.25) is 0 Å². The number of likely N-dealkylation sites (tertiary alicyclic amines) is 1. The Hall–Kier alpha value is -1.69. The van der Waals surface area contributed by atoms with Gasteiger partial charge in [0.25, 0.3) is 0 Å². The van der Waals surface area contributed by atoms with Gasteiger partial charge >= 0.3 is 0 Å². The average Bonchev–Trinajstić information content (AvgIpc) is 3.18. The Morgan fingerprint density at radius 2 is 2.48 bits per heavy atom. The van der Waals surface area contributed by atoms with Gasteiger partial charge in [-0.25, -0.2) is 0 Å². The zero-order valence-electron chi connectivity index (χ0n) is 12.1. The van der Waals surface area contributed by atoms with Crippen molar-refractivity contribution in [1.82, 2.24) is 15.0 Å². The highest BCUT2D eigenvalue weighted by atomic mass is 32.1. The van der Waals surface area contributed by atoms with Gasteiger partial charge in [0.2, 0.25) is 17.6 Å². The highest BCUT2D eigenvalue weighted by Gasteiger charge is 2.28. The van der Waals surface area contributed by atoms with Crippen LogP contribution >= 0.6 is 11.3 Å². The number of piperidine rings is 1. The second-order valence-electron chi connectivity index (χ2n) is 5.40. The lowest BCUT2D eigenvalue weighted by Crippen LogP contribution is -2.39. The molecule has 2 aromatic rings. The molecule has 2 aromatic heterocycles. The molecule has 0 radical (unpaired) electrons. The number of nitrogens with zero attached hydrogens (tertiary/aromatic N) is 3. The van der Waals surface area contributed by atoms with E-state index in [1.54, 1.807) is 11.3 Å². The van der Waals surface area contributed by atoms with Crippen molar-refractivity contribution in [2.24, 2.45) is 0 Å². The maximum atomic E-state index is 12.0. The number of amides is 1. The van der Waals surface area contributed by atoms with Crippen molar-refractivity contribution in [2.75, 3.05) is 13.1 Å². The first-order valence-corrected chi connectivity index (χ1v) is 8.36. The van der Waals surface area contributed by atoms with Crippen LogP contribution in [0.4, 0.5) is 0 Å². The van der Waals surface area contributed by atoms with Gasteiger partial charge in [-0.1, -0.05) is 12.1 Å². The smallest absolute Gasteiger partial charge is 0.231 e. The Morgan fingerprint density at radius 3 is 3.24 bits per heavy atom. The van der Waals surface area contributed by atoms with E-state index < -0.39 is 0 Å². The lowest BCUT2D eigenvalue weighted by molar-refractivity contribution is -0.132. The first kappa shape index (κ1) is 14.3. The molecule has 3 rings (SSSR count). The summed E-state index contributed by atoms with van der Waals surface area (Å²) in [7, 11) is 0. The van der Waals surface area contributed by atoms with E-state index in [0.29, 0.717) is 24.7 Å². The van der Waals surface area contributed by atoms with E-state index in [0.717, 1.165) is 31.4 Å². The van der Waals surface area contributed by atoms with E-state index in [4.69, 9.17) is 4.52 Å². The molecular formula is C15H19N3O2S. The fourth-order valence-corrected chi connectivity index (χ4v) is 3.32. The largest absolute Gasteiger partial charge is 0.342 e. The number of thiophene rings is 1. The topological polar surface area (TPSA) is 59.2 Å². The highest BCUT2D eigenvalue weighted by Crippen LogP contribution is 2.28. The summed E-state index contributed by atoms with van der Waals surface area (Å²) in [4.78, 5) is 18.5. The van der Waals surface area contributed by atoms with Crippen LogP contribution < -0.4 is 0 Å². The van der Waals surface area contributed by atoms with Crippen molar-refractivity contribution in [3.05, 3.63) is 22.7 Å². The molecule has 1 atom stereocenters. The Bertz CT molecular complexity index is 594. The maximum Gasteiger partial charge on any atom is 0.231 e. The molecule has 21 heavy (non-hydrogen) atoms. The molecular weight excluding hydrogens is 286 g/mol. The molecule has 0 saturated carbocycles. The van der Waals surface area contributed by atoms with Gasteiger partial charge in [-0.3, -0.25) is 4.79 Å². The van der Waals surface area contributed by atoms with Gasteiger partial charge in [0, 0.05) is 30.5 Å². The standard InChI is InChI=1S/C15H19N3O2S/c1-2-4-13(19)18-7-3-5-11(9-18)15-16-14(17-20-15)12-6-8-21-10-12/h6,8,10-11H,2-5,7,9H2,1H3/t11-/m0/s1. The molecule has 112 valence electrons. The number of hydrogen-bond acceptors (Lipinski definition) is 5. The molecule has 0 N–H and O–H groups in total. The number of carbonyl (C=O) groups is 1. The van der Waals surface area contributed by atoms with Crippen LogP contribution in [0.1, 0.15) is 44.4 Å². The minimum Gasteiger partial charge on any atom is -0.342 e. The predicted molar refractivity (Wildman–Crippen MR) is 81.1 cm³/mol. The van der Waals surface area contributed by atoms with Gasteiger partial charge in [0.05, 0.1) is 5.92 Å². The van der Waals surface area contributed by atoms with Crippen LogP contribution in [0.5, 0.6) is 0 Å². The molecule has 1 aliphatic rings. The molecule has 1 amide bonds. The first-order valence-electron chi connectivity index (χ1n) is 7.42. The minimum absolute atomic E-state index is 0.166. The molecule has 1 aliphatic heterocycles. The summed E-state index contributed by atoms with van der Waals surface area (Å²) in [5.41, 5.74) is 0.990. The van der Waals surface area contributed by atoms with Crippen LogP contribution in [0, 0.1) is 0 Å². The SMILES string of the molecule is CCCC(=O)N1CCC[C@H](c2nc(-c3ccsc3)no2)C1. The van der Waals surface area contributed by atoms with Gasteiger partial charge in [0.15, 0.2) is 0 Å². The van der Waals surface area contributed by atoms with E-state index in [1.807, 2.05) is 28.7 Å². The molecule has 6 heteroatoms. The van der Waals surface area contributed by atoms with Crippen molar-refractivity contribution in [2.45, 2.75) is 38.5 Å². The zero-order valence-corrected chi connectivity index (χ0v) is 12.9. The fourth-order valence-electron chi connectivity index (χ4n) is 2.69. The molecule has 0 unspecified atom stereocenters. The number of carbonyl (C=O) groups excluding carboxylic acids is 1. The summed E-state index contributed by atoms with van der Waals surface area (Å²) in [6.45, 7) is 3.58. The van der Waals surface area contributed by atoms with E-state index in [9.17, 15) is 4.79 Å². The van der Waals surface area contributed by atoms with E-state index >= 15 is 0 Å². The summed E-state index contributed by atoms with van der Waals surface area (Å²) >= 11 is 1.61. The summed E-state index contributed by atoms with van der Waals surface area (Å²) in [5, 5.41) is 8.06. The van der Waals surface area contributed by atoms with Crippen LogP contribution in [0.3, 0.4) is 0 Å². The molecule has 0 aliphatic carbocycles. The summed E-state index contributed by atoms with van der Waals surface area (Å²) in [6.07, 6.45) is 3.51. The molecule has 1 fully saturated rings. The summed E-state index contributed by atoms with van der Waals surface area (Å²) in [5.74, 6) is 1.70. The Labute approximate surface area is 128 Å². The van der Waals surface area contributed by atoms with Gasteiger partial charge in [0.1, 0.15) is 0 Å². The minimum atomic E-state index is 0.166. The quantitative estimate of drug-likeness (QED) is 0.869. The third-order valence-electron chi connectivity index (χ3n) is 3.81. The molecule has 0 bridgehead atoms. The van der Waals surface area contributed by atoms with E-state index in [2.05, 4.69) is 10.1 Å². The van der Waals surface area contributed by atoms with Gasteiger partial charge in [-0.2, -0.15) is 16.3 Å². The second-order valence-corrected chi connectivity index (χ2v) is 6.18. The summed E-state index contributed by atoms with van der Waals surface area (Å²) in [6, 6.07) is 1.98. The van der Waals surface area contributed by atoms with Gasteiger partial charge < -0.3 is 9.42 Å². The van der Waals surface area contributed by atoms with Crippen molar-refractivity contribution < 1.29 is 9.32 Å². The molecule has 5 nitrogen and oxygen atoms in total. The Balaban J connectivity index is 1.70. The maximum absolute atomic E-state index is 12.0. The Kier molecular flexibility index (Phi) is 4.34. The van der Waals surface area contributed by atoms with Crippen LogP contribution in [-0.2, 0) is 4.79 Å². The Morgan fingerprint density at radius 1 is 1.57 bits per heavy atom. The molecule has 3 heterocycles. The monoisotopic (exact) mass is 305 g/mol. The lowest BCUT2D eigenvalue weighted by atomic mass is 9.97. The van der Waals surface area contributed by atoms with E-state index in [-0.39, 0.29) is 11.8 Å². The normalized spacial score (nSPS) is 18.9. The highest BCUT2D eigenvalue weighted by molar-refractivity contribution is 7.08. The number of rotatable bonds is 4. The third kappa shape index (κ3) is 3.15. The van der Waals surface area contributed by atoms with Crippen LogP contribution in [0.15, 0.2) is 21.3 Å².